The van der Waals surface area contributed by atoms with Gasteiger partial charge in [-0.25, -0.2) is 4.98 Å². The van der Waals surface area contributed by atoms with E-state index in [1.54, 1.807) is 14.2 Å². The lowest BCUT2D eigenvalue weighted by Gasteiger charge is -2.25. The van der Waals surface area contributed by atoms with Gasteiger partial charge in [-0.3, -0.25) is 4.79 Å². The highest BCUT2D eigenvalue weighted by atomic mass is 32.1. The fourth-order valence-corrected chi connectivity index (χ4v) is 4.16. The summed E-state index contributed by atoms with van der Waals surface area (Å²) in [5.74, 6) is 1.79. The smallest absolute Gasteiger partial charge is 0.264 e. The maximum atomic E-state index is 12.8. The third-order valence-corrected chi connectivity index (χ3v) is 6.00. The molecule has 8 heteroatoms. The van der Waals surface area contributed by atoms with Crippen molar-refractivity contribution in [3.8, 4) is 17.2 Å². The number of amides is 1. The van der Waals surface area contributed by atoms with Crippen LogP contribution in [-0.4, -0.2) is 36.1 Å². The predicted molar refractivity (Wildman–Crippen MR) is 115 cm³/mol. The molecular weight excluding hydrogens is 408 g/mol. The van der Waals surface area contributed by atoms with Crippen LogP contribution >= 0.6 is 22.7 Å². The Labute approximate surface area is 178 Å². The lowest BCUT2D eigenvalue weighted by molar-refractivity contribution is 0.0693. The van der Waals surface area contributed by atoms with Gasteiger partial charge < -0.3 is 19.1 Å². The molecule has 1 aromatic carbocycles. The molecule has 0 aliphatic heterocycles. The first-order chi connectivity index (χ1) is 14.0. The number of carbonyl (C=O) groups excluding carboxylic acids is 1. The van der Waals surface area contributed by atoms with Gasteiger partial charge >= 0.3 is 0 Å². The maximum absolute atomic E-state index is 12.8. The summed E-state index contributed by atoms with van der Waals surface area (Å²) in [5.41, 5.74) is 0.846. The van der Waals surface area contributed by atoms with Gasteiger partial charge in [0, 0.05) is 11.4 Å². The second-order valence-corrected chi connectivity index (χ2v) is 8.41. The third-order valence-electron chi connectivity index (χ3n) is 4.27. The Balaban J connectivity index is 1.69. The monoisotopic (exact) mass is 432 g/mol. The number of rotatable bonds is 9. The molecule has 0 N–H and O–H groups in total. The van der Waals surface area contributed by atoms with Gasteiger partial charge in [0.1, 0.15) is 11.6 Å². The molecule has 3 aromatic rings. The highest BCUT2D eigenvalue weighted by molar-refractivity contribution is 7.12. The van der Waals surface area contributed by atoms with E-state index in [1.807, 2.05) is 59.8 Å². The summed E-state index contributed by atoms with van der Waals surface area (Å²) in [6, 6.07) is 9.30. The molecule has 0 unspecified atom stereocenters. The summed E-state index contributed by atoms with van der Waals surface area (Å²) in [7, 11) is 3.18. The standard InChI is InChI=1S/C21H24N2O4S2/c1-14(2)23(21(24)18-9-6-10-28-18)11-15-13-29-19(22-15)12-27-20-16(25-3)7-5-8-17(20)26-4/h5-10,13-14H,11-12H2,1-4H3. The molecule has 0 aliphatic rings. The van der Waals surface area contributed by atoms with Crippen LogP contribution in [0.1, 0.15) is 34.2 Å². The second kappa shape index (κ2) is 9.76. The van der Waals surface area contributed by atoms with Crippen LogP contribution in [0.2, 0.25) is 0 Å². The molecule has 29 heavy (non-hydrogen) atoms. The summed E-state index contributed by atoms with van der Waals surface area (Å²) < 4.78 is 16.6. The molecule has 2 heterocycles. The quantitative estimate of drug-likeness (QED) is 0.484. The Morgan fingerprint density at radius 2 is 1.83 bits per heavy atom. The van der Waals surface area contributed by atoms with Gasteiger partial charge in [0.25, 0.3) is 5.91 Å². The van der Waals surface area contributed by atoms with Gasteiger partial charge in [-0.1, -0.05) is 12.1 Å². The molecule has 0 bridgehead atoms. The number of hydrogen-bond acceptors (Lipinski definition) is 7. The topological polar surface area (TPSA) is 60.9 Å². The van der Waals surface area contributed by atoms with Crippen molar-refractivity contribution >= 4 is 28.6 Å². The fourth-order valence-electron chi connectivity index (χ4n) is 2.79. The molecule has 154 valence electrons. The van der Waals surface area contributed by atoms with Crippen molar-refractivity contribution in [1.29, 1.82) is 0 Å². The largest absolute Gasteiger partial charge is 0.493 e. The van der Waals surface area contributed by atoms with Crippen LogP contribution in [0.25, 0.3) is 0 Å². The number of thiazole rings is 1. The molecule has 2 aromatic heterocycles. The Bertz CT molecular complexity index is 916. The van der Waals surface area contributed by atoms with Gasteiger partial charge in [-0.15, -0.1) is 22.7 Å². The number of nitrogens with zero attached hydrogens (tertiary/aromatic N) is 2. The van der Waals surface area contributed by atoms with Crippen LogP contribution in [0.5, 0.6) is 17.2 Å². The van der Waals surface area contributed by atoms with Crippen LogP contribution in [0.4, 0.5) is 0 Å². The molecule has 0 atom stereocenters. The molecule has 0 aliphatic carbocycles. The van der Waals surface area contributed by atoms with Crippen molar-refractivity contribution in [2.45, 2.75) is 33.0 Å². The van der Waals surface area contributed by atoms with E-state index in [-0.39, 0.29) is 11.9 Å². The van der Waals surface area contributed by atoms with E-state index >= 15 is 0 Å². The zero-order valence-electron chi connectivity index (χ0n) is 16.9. The molecule has 0 fully saturated rings. The highest BCUT2D eigenvalue weighted by Crippen LogP contribution is 2.37. The normalized spacial score (nSPS) is 10.8. The van der Waals surface area contributed by atoms with E-state index in [0.29, 0.717) is 30.4 Å². The second-order valence-electron chi connectivity index (χ2n) is 6.52. The number of benzene rings is 1. The molecule has 0 radical (unpaired) electrons. The van der Waals surface area contributed by atoms with Crippen LogP contribution in [0.3, 0.4) is 0 Å². The molecule has 0 spiro atoms. The van der Waals surface area contributed by atoms with E-state index < -0.39 is 0 Å². The minimum Gasteiger partial charge on any atom is -0.493 e. The van der Waals surface area contributed by atoms with E-state index in [9.17, 15) is 4.79 Å². The van der Waals surface area contributed by atoms with Gasteiger partial charge in [-0.2, -0.15) is 0 Å². The number of aromatic nitrogens is 1. The molecule has 6 nitrogen and oxygen atoms in total. The molecular formula is C21H24N2O4S2. The first kappa shape index (κ1) is 21.1. The molecule has 3 rings (SSSR count). The third kappa shape index (κ3) is 5.07. The van der Waals surface area contributed by atoms with Crippen LogP contribution in [0, 0.1) is 0 Å². The van der Waals surface area contributed by atoms with Crippen LogP contribution < -0.4 is 14.2 Å². The van der Waals surface area contributed by atoms with Crippen molar-refractivity contribution in [3.05, 3.63) is 56.7 Å². The minimum absolute atomic E-state index is 0.0274. The van der Waals surface area contributed by atoms with E-state index in [0.717, 1.165) is 15.6 Å². The van der Waals surface area contributed by atoms with Crippen molar-refractivity contribution in [1.82, 2.24) is 9.88 Å². The summed E-state index contributed by atoms with van der Waals surface area (Å²) in [5, 5.41) is 4.70. The average molecular weight is 433 g/mol. The number of carbonyl (C=O) groups is 1. The fraction of sp³-hybridized carbons (Fsp3) is 0.333. The van der Waals surface area contributed by atoms with Gasteiger partial charge in [0.05, 0.1) is 31.3 Å². The van der Waals surface area contributed by atoms with Crippen molar-refractivity contribution in [2.24, 2.45) is 0 Å². The predicted octanol–water partition coefficient (Wildman–Crippen LogP) is 4.85. The van der Waals surface area contributed by atoms with E-state index in [4.69, 9.17) is 14.2 Å². The molecule has 0 saturated heterocycles. The zero-order valence-corrected chi connectivity index (χ0v) is 18.5. The van der Waals surface area contributed by atoms with Crippen molar-refractivity contribution in [2.75, 3.05) is 14.2 Å². The van der Waals surface area contributed by atoms with E-state index in [1.165, 1.54) is 22.7 Å². The van der Waals surface area contributed by atoms with Gasteiger partial charge in [0.2, 0.25) is 5.75 Å². The first-order valence-electron chi connectivity index (χ1n) is 9.15. The van der Waals surface area contributed by atoms with Crippen LogP contribution in [-0.2, 0) is 13.2 Å². The van der Waals surface area contributed by atoms with Crippen molar-refractivity contribution in [3.63, 3.8) is 0 Å². The SMILES string of the molecule is COc1cccc(OC)c1OCc1nc(CN(C(=O)c2cccs2)C(C)C)cs1. The first-order valence-corrected chi connectivity index (χ1v) is 10.9. The number of hydrogen-bond donors (Lipinski definition) is 0. The number of thiophene rings is 1. The maximum Gasteiger partial charge on any atom is 0.264 e. The Hall–Kier alpha value is -2.58. The Morgan fingerprint density at radius 3 is 2.41 bits per heavy atom. The average Bonchev–Trinajstić information content (AvgIpc) is 3.41. The zero-order chi connectivity index (χ0) is 20.8. The number of para-hydroxylation sites is 1. The van der Waals surface area contributed by atoms with Gasteiger partial charge in [-0.05, 0) is 37.4 Å². The Morgan fingerprint density at radius 1 is 1.10 bits per heavy atom. The Kier molecular flexibility index (Phi) is 7.11. The van der Waals surface area contributed by atoms with Crippen LogP contribution in [0.15, 0.2) is 41.1 Å². The summed E-state index contributed by atoms with van der Waals surface area (Å²) >= 11 is 2.96. The summed E-state index contributed by atoms with van der Waals surface area (Å²) in [6.45, 7) is 4.77. The van der Waals surface area contributed by atoms with Gasteiger partial charge in [0.15, 0.2) is 11.5 Å². The summed E-state index contributed by atoms with van der Waals surface area (Å²) in [6.07, 6.45) is 0. The molecule has 0 saturated carbocycles. The molecule has 1 amide bonds. The highest BCUT2D eigenvalue weighted by Gasteiger charge is 2.21. The number of methoxy groups -OCH3 is 2. The van der Waals surface area contributed by atoms with Crippen molar-refractivity contribution < 1.29 is 19.0 Å². The minimum atomic E-state index is 0.0274. The lowest BCUT2D eigenvalue weighted by Crippen LogP contribution is -2.36. The van der Waals surface area contributed by atoms with E-state index in [2.05, 4.69) is 4.98 Å². The lowest BCUT2D eigenvalue weighted by atomic mass is 10.2. The summed E-state index contributed by atoms with van der Waals surface area (Å²) in [4.78, 5) is 20.0. The number of ether oxygens (including phenoxy) is 3.